The molecule has 3 heteroatoms. The van der Waals surface area contributed by atoms with E-state index in [1.165, 1.54) is 12.8 Å². The van der Waals surface area contributed by atoms with E-state index in [4.69, 9.17) is 9.47 Å². The lowest BCUT2D eigenvalue weighted by Crippen LogP contribution is -2.46. The number of hydrogen-bond acceptors (Lipinski definition) is 3. The molecule has 1 aliphatic carbocycles. The molecule has 1 saturated carbocycles. The van der Waals surface area contributed by atoms with Gasteiger partial charge in [-0.05, 0) is 25.7 Å². The minimum atomic E-state index is -0.209. The van der Waals surface area contributed by atoms with Crippen molar-refractivity contribution in [3.63, 3.8) is 0 Å². The Morgan fingerprint density at radius 3 is 2.12 bits per heavy atom. The fourth-order valence-corrected chi connectivity index (χ4v) is 2.57. The van der Waals surface area contributed by atoms with E-state index in [9.17, 15) is 0 Å². The van der Waals surface area contributed by atoms with Crippen LogP contribution in [0.3, 0.4) is 0 Å². The van der Waals surface area contributed by atoms with Crippen molar-refractivity contribution < 1.29 is 9.47 Å². The molecular formula is C13H25NO2. The zero-order valence-electron chi connectivity index (χ0n) is 10.8. The number of nitrogens with one attached hydrogen (secondary N) is 1. The predicted molar refractivity (Wildman–Crippen MR) is 64.3 cm³/mol. The summed E-state index contributed by atoms with van der Waals surface area (Å²) in [4.78, 5) is 0. The van der Waals surface area contributed by atoms with Gasteiger partial charge in [0.1, 0.15) is 0 Å². The summed E-state index contributed by atoms with van der Waals surface area (Å²) < 4.78 is 11.5. The van der Waals surface area contributed by atoms with Crippen LogP contribution in [-0.2, 0) is 9.47 Å². The maximum absolute atomic E-state index is 5.73. The summed E-state index contributed by atoms with van der Waals surface area (Å²) in [5, 5.41) is 3.71. The lowest BCUT2D eigenvalue weighted by atomic mass is 9.89. The van der Waals surface area contributed by atoms with Crippen LogP contribution in [0, 0.1) is 5.92 Å². The minimum Gasteiger partial charge on any atom is -0.348 e. The second-order valence-corrected chi connectivity index (χ2v) is 5.58. The number of rotatable bonds is 3. The third-order valence-electron chi connectivity index (χ3n) is 4.06. The zero-order chi connectivity index (χ0) is 11.6. The first kappa shape index (κ1) is 12.3. The van der Waals surface area contributed by atoms with Gasteiger partial charge in [0.15, 0.2) is 5.79 Å². The average Bonchev–Trinajstić information content (AvgIpc) is 2.70. The second kappa shape index (κ2) is 5.03. The molecule has 1 aliphatic heterocycles. The van der Waals surface area contributed by atoms with Gasteiger partial charge in [-0.1, -0.05) is 13.8 Å². The van der Waals surface area contributed by atoms with Crippen LogP contribution in [0.4, 0.5) is 0 Å². The van der Waals surface area contributed by atoms with E-state index < -0.39 is 0 Å². The third kappa shape index (κ3) is 2.76. The van der Waals surface area contributed by atoms with Crippen LogP contribution < -0.4 is 5.32 Å². The van der Waals surface area contributed by atoms with Gasteiger partial charge in [-0.25, -0.2) is 0 Å². The highest BCUT2D eigenvalue weighted by molar-refractivity contribution is 4.86. The fourth-order valence-electron chi connectivity index (χ4n) is 2.57. The molecule has 16 heavy (non-hydrogen) atoms. The number of hydrogen-bond donors (Lipinski definition) is 1. The van der Waals surface area contributed by atoms with E-state index in [2.05, 4.69) is 26.1 Å². The molecule has 2 fully saturated rings. The minimum absolute atomic E-state index is 0.209. The Kier molecular flexibility index (Phi) is 3.88. The smallest absolute Gasteiger partial charge is 0.168 e. The van der Waals surface area contributed by atoms with E-state index >= 15 is 0 Å². The maximum atomic E-state index is 5.73. The molecule has 1 saturated heterocycles. The molecule has 1 unspecified atom stereocenters. The first-order chi connectivity index (χ1) is 7.61. The summed E-state index contributed by atoms with van der Waals surface area (Å²) in [5.41, 5.74) is 0. The van der Waals surface area contributed by atoms with Crippen molar-refractivity contribution in [3.05, 3.63) is 0 Å². The quantitative estimate of drug-likeness (QED) is 0.802. The molecule has 0 bridgehead atoms. The lowest BCUT2D eigenvalue weighted by Gasteiger charge is -2.37. The van der Waals surface area contributed by atoms with Gasteiger partial charge < -0.3 is 14.8 Å². The molecule has 1 atom stereocenters. The van der Waals surface area contributed by atoms with Gasteiger partial charge >= 0.3 is 0 Å². The SMILES string of the molecule is CC(C)C(C)NC1CCC2(CC1)OCCO2. The molecule has 0 aromatic rings. The van der Waals surface area contributed by atoms with Gasteiger partial charge in [0.25, 0.3) is 0 Å². The predicted octanol–water partition coefficient (Wildman–Crippen LogP) is 2.31. The zero-order valence-corrected chi connectivity index (χ0v) is 10.8. The molecule has 0 amide bonds. The molecule has 1 N–H and O–H groups in total. The highest BCUT2D eigenvalue weighted by Crippen LogP contribution is 2.35. The average molecular weight is 227 g/mol. The fraction of sp³-hybridized carbons (Fsp3) is 1.00. The van der Waals surface area contributed by atoms with E-state index in [-0.39, 0.29) is 5.79 Å². The maximum Gasteiger partial charge on any atom is 0.168 e. The molecule has 0 radical (unpaired) electrons. The van der Waals surface area contributed by atoms with Crippen molar-refractivity contribution in [2.75, 3.05) is 13.2 Å². The van der Waals surface area contributed by atoms with Crippen molar-refractivity contribution in [2.45, 2.75) is 64.3 Å². The Morgan fingerprint density at radius 2 is 1.62 bits per heavy atom. The topological polar surface area (TPSA) is 30.5 Å². The van der Waals surface area contributed by atoms with Crippen LogP contribution in [0.25, 0.3) is 0 Å². The van der Waals surface area contributed by atoms with Gasteiger partial charge in [-0.15, -0.1) is 0 Å². The Morgan fingerprint density at radius 1 is 1.06 bits per heavy atom. The molecule has 0 aromatic carbocycles. The van der Waals surface area contributed by atoms with E-state index in [1.54, 1.807) is 0 Å². The first-order valence-electron chi connectivity index (χ1n) is 6.65. The molecular weight excluding hydrogens is 202 g/mol. The van der Waals surface area contributed by atoms with Crippen molar-refractivity contribution in [1.29, 1.82) is 0 Å². The lowest BCUT2D eigenvalue weighted by molar-refractivity contribution is -0.179. The molecule has 2 aliphatic rings. The summed E-state index contributed by atoms with van der Waals surface area (Å²) >= 11 is 0. The first-order valence-corrected chi connectivity index (χ1v) is 6.65. The summed E-state index contributed by atoms with van der Waals surface area (Å²) in [5.74, 6) is 0.495. The van der Waals surface area contributed by atoms with Gasteiger partial charge in [-0.3, -0.25) is 0 Å². The van der Waals surface area contributed by atoms with Crippen LogP contribution in [-0.4, -0.2) is 31.1 Å². The Bertz CT molecular complexity index is 214. The third-order valence-corrected chi connectivity index (χ3v) is 4.06. The van der Waals surface area contributed by atoms with Gasteiger partial charge in [0.05, 0.1) is 13.2 Å². The molecule has 1 heterocycles. The van der Waals surface area contributed by atoms with Crippen LogP contribution in [0.15, 0.2) is 0 Å². The summed E-state index contributed by atoms with van der Waals surface area (Å²) in [6, 6.07) is 1.25. The molecule has 2 rings (SSSR count). The van der Waals surface area contributed by atoms with Crippen molar-refractivity contribution in [2.24, 2.45) is 5.92 Å². The van der Waals surface area contributed by atoms with Crippen molar-refractivity contribution >= 4 is 0 Å². The Hall–Kier alpha value is -0.120. The number of ether oxygens (including phenoxy) is 2. The Balaban J connectivity index is 1.76. The summed E-state index contributed by atoms with van der Waals surface area (Å²) in [7, 11) is 0. The molecule has 94 valence electrons. The van der Waals surface area contributed by atoms with Crippen molar-refractivity contribution in [1.82, 2.24) is 5.32 Å². The van der Waals surface area contributed by atoms with Gasteiger partial charge in [0.2, 0.25) is 0 Å². The molecule has 1 spiro atoms. The van der Waals surface area contributed by atoms with Gasteiger partial charge in [0, 0.05) is 24.9 Å². The van der Waals surface area contributed by atoms with E-state index in [0.29, 0.717) is 18.0 Å². The standard InChI is InChI=1S/C13H25NO2/c1-10(2)11(3)14-12-4-6-13(7-5-12)15-8-9-16-13/h10-12,14H,4-9H2,1-3H3. The molecule has 3 nitrogen and oxygen atoms in total. The Labute approximate surface area is 98.9 Å². The largest absolute Gasteiger partial charge is 0.348 e. The normalized spacial score (nSPS) is 27.8. The van der Waals surface area contributed by atoms with E-state index in [1.807, 2.05) is 0 Å². The summed E-state index contributed by atoms with van der Waals surface area (Å²) in [6.45, 7) is 8.37. The van der Waals surface area contributed by atoms with Gasteiger partial charge in [-0.2, -0.15) is 0 Å². The van der Waals surface area contributed by atoms with Crippen LogP contribution in [0.2, 0.25) is 0 Å². The monoisotopic (exact) mass is 227 g/mol. The highest BCUT2D eigenvalue weighted by Gasteiger charge is 2.40. The van der Waals surface area contributed by atoms with Crippen LogP contribution >= 0.6 is 0 Å². The van der Waals surface area contributed by atoms with Crippen molar-refractivity contribution in [3.8, 4) is 0 Å². The van der Waals surface area contributed by atoms with E-state index in [0.717, 1.165) is 26.1 Å². The highest BCUT2D eigenvalue weighted by atomic mass is 16.7. The summed E-state index contributed by atoms with van der Waals surface area (Å²) in [6.07, 6.45) is 4.46. The second-order valence-electron chi connectivity index (χ2n) is 5.58. The van der Waals surface area contributed by atoms with Crippen LogP contribution in [0.5, 0.6) is 0 Å². The molecule has 0 aromatic heterocycles. The van der Waals surface area contributed by atoms with Crippen LogP contribution in [0.1, 0.15) is 46.5 Å².